The molecule has 2 rings (SSSR count). The maximum absolute atomic E-state index is 12.9. The highest BCUT2D eigenvalue weighted by molar-refractivity contribution is 14.1. The summed E-state index contributed by atoms with van der Waals surface area (Å²) in [4.78, 5) is 36.9. The molecule has 9 nitrogen and oxygen atoms in total. The fourth-order valence-corrected chi connectivity index (χ4v) is 4.36. The number of carboxylic acid groups (broad SMARTS) is 1. The molecule has 1 aromatic carbocycles. The molecule has 0 bridgehead atoms. The molecule has 1 aromatic rings. The minimum atomic E-state index is -1.12. The highest BCUT2D eigenvalue weighted by Crippen LogP contribution is 2.44. The number of ether oxygens (including phenoxy) is 4. The smallest absolute Gasteiger partial charge is 0.341 e. The van der Waals surface area contributed by atoms with Gasteiger partial charge in [0.25, 0.3) is 0 Å². The largest absolute Gasteiger partial charge is 0.490 e. The summed E-state index contributed by atoms with van der Waals surface area (Å²) in [5, 5.41) is 12.1. The summed E-state index contributed by atoms with van der Waals surface area (Å²) < 4.78 is 22.3. The average Bonchev–Trinajstić information content (AvgIpc) is 2.72. The quantitative estimate of drug-likeness (QED) is 0.320. The van der Waals surface area contributed by atoms with E-state index in [2.05, 4.69) is 5.32 Å². The van der Waals surface area contributed by atoms with Crippen LogP contribution in [0.3, 0.4) is 0 Å². The Kier molecular flexibility index (Phi) is 9.56. The molecule has 0 unspecified atom stereocenters. The maximum atomic E-state index is 12.9. The fraction of sp³-hybridized carbons (Fsp3) is 0.435. The number of nitrogens with one attached hydrogen (secondary N) is 1. The predicted molar refractivity (Wildman–Crippen MR) is 128 cm³/mol. The highest BCUT2D eigenvalue weighted by atomic mass is 127. The third-order valence-corrected chi connectivity index (χ3v) is 5.56. The molecular formula is C23H28INO8. The second-order valence-corrected chi connectivity index (χ2v) is 8.18. The molecular weight excluding hydrogens is 545 g/mol. The molecule has 0 fully saturated rings. The molecule has 0 radical (unpaired) electrons. The summed E-state index contributed by atoms with van der Waals surface area (Å²) in [5.74, 6) is -2.44. The van der Waals surface area contributed by atoms with Crippen molar-refractivity contribution in [3.63, 3.8) is 0 Å². The van der Waals surface area contributed by atoms with Gasteiger partial charge in [-0.1, -0.05) is 0 Å². The minimum absolute atomic E-state index is 0.170. The van der Waals surface area contributed by atoms with Crippen molar-refractivity contribution in [3.8, 4) is 11.5 Å². The molecule has 180 valence electrons. The van der Waals surface area contributed by atoms with Gasteiger partial charge >= 0.3 is 17.9 Å². The summed E-state index contributed by atoms with van der Waals surface area (Å²) in [7, 11) is 0. The van der Waals surface area contributed by atoms with Crippen LogP contribution in [0.1, 0.15) is 46.1 Å². The van der Waals surface area contributed by atoms with Gasteiger partial charge in [0, 0.05) is 11.4 Å². The average molecular weight is 573 g/mol. The van der Waals surface area contributed by atoms with Crippen molar-refractivity contribution in [2.75, 3.05) is 26.4 Å². The van der Waals surface area contributed by atoms with Gasteiger partial charge in [-0.3, -0.25) is 0 Å². The van der Waals surface area contributed by atoms with Crippen LogP contribution in [0, 0.1) is 3.57 Å². The van der Waals surface area contributed by atoms with E-state index in [1.165, 1.54) is 0 Å². The van der Waals surface area contributed by atoms with E-state index in [9.17, 15) is 14.4 Å². The topological polar surface area (TPSA) is 120 Å². The van der Waals surface area contributed by atoms with E-state index in [1.807, 2.05) is 22.6 Å². The summed E-state index contributed by atoms with van der Waals surface area (Å²) in [5.41, 5.74) is 2.26. The number of benzene rings is 1. The zero-order valence-corrected chi connectivity index (χ0v) is 21.4. The van der Waals surface area contributed by atoms with Gasteiger partial charge in [-0.05, 0) is 74.9 Å². The van der Waals surface area contributed by atoms with E-state index in [0.717, 1.165) is 0 Å². The van der Waals surface area contributed by atoms with Crippen molar-refractivity contribution < 1.29 is 38.4 Å². The summed E-state index contributed by atoms with van der Waals surface area (Å²) in [6.45, 7) is 8.78. The van der Waals surface area contributed by atoms with Gasteiger partial charge in [0.1, 0.15) is 0 Å². The van der Waals surface area contributed by atoms with E-state index in [0.29, 0.717) is 32.9 Å². The van der Waals surface area contributed by atoms with Crippen LogP contribution in [0.4, 0.5) is 0 Å². The van der Waals surface area contributed by atoms with Crippen LogP contribution in [-0.2, 0) is 23.9 Å². The second-order valence-electron chi connectivity index (χ2n) is 7.02. The van der Waals surface area contributed by atoms with Crippen molar-refractivity contribution in [2.45, 2.75) is 40.5 Å². The van der Waals surface area contributed by atoms with Crippen LogP contribution in [-0.4, -0.2) is 49.4 Å². The molecule has 0 amide bonds. The molecule has 0 aromatic heterocycles. The van der Waals surface area contributed by atoms with Crippen molar-refractivity contribution in [3.05, 3.63) is 43.8 Å². The van der Waals surface area contributed by atoms with Crippen molar-refractivity contribution in [1.82, 2.24) is 5.32 Å². The van der Waals surface area contributed by atoms with E-state index < -0.39 is 30.4 Å². The third kappa shape index (κ3) is 6.18. The predicted octanol–water partition coefficient (Wildman–Crippen LogP) is 3.51. The first-order valence-corrected chi connectivity index (χ1v) is 11.6. The molecule has 0 saturated heterocycles. The molecule has 33 heavy (non-hydrogen) atoms. The van der Waals surface area contributed by atoms with Crippen LogP contribution in [0.25, 0.3) is 0 Å². The van der Waals surface area contributed by atoms with Crippen LogP contribution in [0.2, 0.25) is 0 Å². The Labute approximate surface area is 206 Å². The Hall–Kier alpha value is -2.76. The number of halogens is 1. The number of carbonyl (C=O) groups is 3. The van der Waals surface area contributed by atoms with Crippen molar-refractivity contribution in [1.29, 1.82) is 0 Å². The molecule has 0 atom stereocenters. The number of rotatable bonds is 10. The number of dihydropyridines is 1. The third-order valence-electron chi connectivity index (χ3n) is 4.76. The number of hydrogen-bond donors (Lipinski definition) is 2. The first kappa shape index (κ1) is 26.5. The van der Waals surface area contributed by atoms with Crippen LogP contribution in [0.15, 0.2) is 34.7 Å². The number of hydrogen-bond acceptors (Lipinski definition) is 8. The van der Waals surface area contributed by atoms with E-state index >= 15 is 0 Å². The van der Waals surface area contributed by atoms with Gasteiger partial charge in [-0.15, -0.1) is 0 Å². The zero-order valence-electron chi connectivity index (χ0n) is 19.2. The summed E-state index contributed by atoms with van der Waals surface area (Å²) in [6, 6.07) is 3.38. The molecule has 0 aliphatic carbocycles. The van der Waals surface area contributed by atoms with Crippen LogP contribution >= 0.6 is 22.6 Å². The van der Waals surface area contributed by atoms with Crippen LogP contribution < -0.4 is 14.8 Å². The van der Waals surface area contributed by atoms with Gasteiger partial charge < -0.3 is 29.4 Å². The molecule has 10 heteroatoms. The monoisotopic (exact) mass is 573 g/mol. The molecule has 1 heterocycles. The van der Waals surface area contributed by atoms with Gasteiger partial charge in [0.05, 0.1) is 40.5 Å². The lowest BCUT2D eigenvalue weighted by Gasteiger charge is -2.31. The second kappa shape index (κ2) is 11.9. The lowest BCUT2D eigenvalue weighted by molar-refractivity contribution is -0.140. The number of aliphatic carboxylic acids is 1. The lowest BCUT2D eigenvalue weighted by atomic mass is 9.80. The maximum Gasteiger partial charge on any atom is 0.341 e. The van der Waals surface area contributed by atoms with Crippen molar-refractivity contribution >= 4 is 40.5 Å². The first-order chi connectivity index (χ1) is 15.7. The molecule has 0 saturated carbocycles. The number of allylic oxidation sites excluding steroid dienone is 2. The molecule has 2 N–H and O–H groups in total. The van der Waals surface area contributed by atoms with Gasteiger partial charge in [-0.2, -0.15) is 0 Å². The van der Waals surface area contributed by atoms with Gasteiger partial charge in [0.2, 0.25) is 0 Å². The number of carboxylic acids is 1. The summed E-state index contributed by atoms with van der Waals surface area (Å²) in [6.07, 6.45) is 0. The normalized spacial score (nSPS) is 14.0. The Morgan fingerprint density at radius 3 is 1.94 bits per heavy atom. The molecule has 1 aliphatic heterocycles. The van der Waals surface area contributed by atoms with Gasteiger partial charge in [-0.25, -0.2) is 14.4 Å². The molecule has 0 spiro atoms. The first-order valence-electron chi connectivity index (χ1n) is 10.5. The Morgan fingerprint density at radius 2 is 1.48 bits per heavy atom. The van der Waals surface area contributed by atoms with E-state index in [4.69, 9.17) is 24.1 Å². The lowest BCUT2D eigenvalue weighted by Crippen LogP contribution is -2.32. The number of esters is 2. The molecule has 1 aliphatic rings. The highest BCUT2D eigenvalue weighted by Gasteiger charge is 2.38. The van der Waals surface area contributed by atoms with E-state index in [-0.39, 0.29) is 30.1 Å². The standard InChI is InChI=1S/C23H28INO8/c1-6-30-16-10-14(9-15(24)21(16)33-11-17(26)27)20-18(22(28)31-7-2)12(4)25-13(5)19(20)23(29)32-8-3/h9-10,20,25H,6-8,11H2,1-5H3,(H,26,27). The van der Waals surface area contributed by atoms with Crippen molar-refractivity contribution in [2.24, 2.45) is 0 Å². The van der Waals surface area contributed by atoms with Gasteiger partial charge in [0.15, 0.2) is 18.1 Å². The Bertz CT molecular complexity index is 958. The SMILES string of the molecule is CCOC(=O)C1=C(C)NC(C)=C(C(=O)OCC)C1c1cc(I)c(OCC(=O)O)c(OCC)c1. The Balaban J connectivity index is 2.73. The Morgan fingerprint density at radius 1 is 0.939 bits per heavy atom. The summed E-state index contributed by atoms with van der Waals surface area (Å²) >= 11 is 2.01. The fourth-order valence-electron chi connectivity index (χ4n) is 3.58. The van der Waals surface area contributed by atoms with Crippen LogP contribution in [0.5, 0.6) is 11.5 Å². The van der Waals surface area contributed by atoms with E-state index in [1.54, 1.807) is 46.8 Å². The number of carbonyl (C=O) groups excluding carboxylic acids is 2. The zero-order chi connectivity index (χ0) is 24.7. The minimum Gasteiger partial charge on any atom is -0.490 e.